The summed E-state index contributed by atoms with van der Waals surface area (Å²) in [7, 11) is 0. The molecule has 2 unspecified atom stereocenters. The van der Waals surface area contributed by atoms with Gasteiger partial charge < -0.3 is 5.11 Å². The van der Waals surface area contributed by atoms with E-state index in [4.69, 9.17) is 0 Å². The predicted octanol–water partition coefficient (Wildman–Crippen LogP) is 4.35. The van der Waals surface area contributed by atoms with Gasteiger partial charge in [0.25, 0.3) is 0 Å². The largest absolute Gasteiger partial charge is 0.392 e. The normalized spacial score (nSPS) is 16.8. The van der Waals surface area contributed by atoms with Crippen LogP contribution in [-0.2, 0) is 0 Å². The molecule has 0 aliphatic carbocycles. The van der Waals surface area contributed by atoms with Crippen LogP contribution >= 0.6 is 11.8 Å². The molecule has 17 heavy (non-hydrogen) atoms. The van der Waals surface area contributed by atoms with Crippen LogP contribution in [0.4, 0.5) is 0 Å². The van der Waals surface area contributed by atoms with Gasteiger partial charge in [0.05, 0.1) is 6.10 Å². The maximum Gasteiger partial charge on any atom is 0.0659 e. The van der Waals surface area contributed by atoms with E-state index in [1.807, 2.05) is 25.1 Å². The Labute approximate surface area is 110 Å². The smallest absolute Gasteiger partial charge is 0.0659 e. The fourth-order valence-electron chi connectivity index (χ4n) is 1.68. The molecule has 2 heteroatoms. The first-order chi connectivity index (χ1) is 7.94. The average molecular weight is 252 g/mol. The van der Waals surface area contributed by atoms with E-state index < -0.39 is 0 Å². The van der Waals surface area contributed by atoms with Crippen molar-refractivity contribution in [2.45, 2.75) is 56.3 Å². The minimum atomic E-state index is -0.300. The van der Waals surface area contributed by atoms with Crippen LogP contribution in [0.1, 0.15) is 40.5 Å². The molecule has 0 fully saturated rings. The summed E-state index contributed by atoms with van der Waals surface area (Å²) < 4.78 is -0.0916. The van der Waals surface area contributed by atoms with E-state index in [1.54, 1.807) is 11.8 Å². The standard InChI is InChI=1S/C15H24OS/c1-12(2)10-11-15(4,13(3)16)17-14-8-6-5-7-9-14/h5-9,12-13,16H,10-11H2,1-4H3. The SMILES string of the molecule is CC(C)CCC(C)(Sc1ccccc1)C(C)O. The van der Waals surface area contributed by atoms with Crippen molar-refractivity contribution in [2.24, 2.45) is 5.92 Å². The number of rotatable bonds is 6. The Morgan fingerprint density at radius 3 is 2.24 bits per heavy atom. The Bertz CT molecular complexity index is 321. The Balaban J connectivity index is 2.71. The lowest BCUT2D eigenvalue weighted by Gasteiger charge is -2.32. The first kappa shape index (κ1) is 14.6. The Morgan fingerprint density at radius 2 is 1.76 bits per heavy atom. The van der Waals surface area contributed by atoms with E-state index in [9.17, 15) is 5.11 Å². The van der Waals surface area contributed by atoms with Crippen molar-refractivity contribution in [1.29, 1.82) is 0 Å². The zero-order valence-corrected chi connectivity index (χ0v) is 12.1. The maximum atomic E-state index is 10.0. The number of aliphatic hydroxyl groups is 1. The van der Waals surface area contributed by atoms with Gasteiger partial charge in [-0.3, -0.25) is 0 Å². The Kier molecular flexibility index (Phi) is 5.54. The molecule has 0 aliphatic rings. The highest BCUT2D eigenvalue weighted by Crippen LogP contribution is 2.39. The molecule has 0 aromatic heterocycles. The molecular weight excluding hydrogens is 228 g/mol. The van der Waals surface area contributed by atoms with Gasteiger partial charge in [0.15, 0.2) is 0 Å². The number of thioether (sulfide) groups is 1. The van der Waals surface area contributed by atoms with Gasteiger partial charge >= 0.3 is 0 Å². The molecule has 0 radical (unpaired) electrons. The molecule has 1 nitrogen and oxygen atoms in total. The molecule has 2 atom stereocenters. The van der Waals surface area contributed by atoms with Crippen LogP contribution in [0.25, 0.3) is 0 Å². The third-order valence-corrected chi connectivity index (χ3v) is 4.72. The highest BCUT2D eigenvalue weighted by Gasteiger charge is 2.31. The summed E-state index contributed by atoms with van der Waals surface area (Å²) in [4.78, 5) is 1.24. The predicted molar refractivity (Wildman–Crippen MR) is 76.5 cm³/mol. The summed E-state index contributed by atoms with van der Waals surface area (Å²) in [5, 5.41) is 10.0. The number of benzene rings is 1. The molecule has 1 aromatic rings. The van der Waals surface area contributed by atoms with Crippen molar-refractivity contribution in [3.05, 3.63) is 30.3 Å². The molecule has 0 heterocycles. The van der Waals surface area contributed by atoms with Gasteiger partial charge in [-0.1, -0.05) is 32.0 Å². The zero-order chi connectivity index (χ0) is 12.9. The fraction of sp³-hybridized carbons (Fsp3) is 0.600. The van der Waals surface area contributed by atoms with Crippen molar-refractivity contribution in [1.82, 2.24) is 0 Å². The van der Waals surface area contributed by atoms with Gasteiger partial charge in [-0.2, -0.15) is 0 Å². The highest BCUT2D eigenvalue weighted by molar-refractivity contribution is 8.00. The van der Waals surface area contributed by atoms with Gasteiger partial charge in [0.2, 0.25) is 0 Å². The van der Waals surface area contributed by atoms with Crippen molar-refractivity contribution < 1.29 is 5.11 Å². The van der Waals surface area contributed by atoms with Crippen molar-refractivity contribution in [2.75, 3.05) is 0 Å². The highest BCUT2D eigenvalue weighted by atomic mass is 32.2. The van der Waals surface area contributed by atoms with E-state index >= 15 is 0 Å². The lowest BCUT2D eigenvalue weighted by molar-refractivity contribution is 0.146. The van der Waals surface area contributed by atoms with Crippen LogP contribution < -0.4 is 0 Å². The summed E-state index contributed by atoms with van der Waals surface area (Å²) >= 11 is 1.79. The molecular formula is C15H24OS. The Morgan fingerprint density at radius 1 is 1.18 bits per heavy atom. The topological polar surface area (TPSA) is 20.2 Å². The van der Waals surface area contributed by atoms with Gasteiger partial charge in [-0.05, 0) is 44.7 Å². The molecule has 0 saturated heterocycles. The molecule has 1 aromatic carbocycles. The van der Waals surface area contributed by atoms with E-state index in [0.29, 0.717) is 5.92 Å². The van der Waals surface area contributed by atoms with E-state index in [0.717, 1.165) is 12.8 Å². The van der Waals surface area contributed by atoms with Crippen LogP contribution in [0.2, 0.25) is 0 Å². The summed E-state index contributed by atoms with van der Waals surface area (Å²) in [5.74, 6) is 0.685. The zero-order valence-electron chi connectivity index (χ0n) is 11.3. The molecule has 1 N–H and O–H groups in total. The van der Waals surface area contributed by atoms with Crippen LogP contribution in [0.15, 0.2) is 35.2 Å². The maximum absolute atomic E-state index is 10.0. The van der Waals surface area contributed by atoms with Gasteiger partial charge in [0.1, 0.15) is 0 Å². The first-order valence-electron chi connectivity index (χ1n) is 6.36. The number of hydrogen-bond acceptors (Lipinski definition) is 2. The van der Waals surface area contributed by atoms with E-state index in [2.05, 4.69) is 32.9 Å². The van der Waals surface area contributed by atoms with Crippen LogP contribution in [0.3, 0.4) is 0 Å². The number of hydrogen-bond donors (Lipinski definition) is 1. The quantitative estimate of drug-likeness (QED) is 0.759. The fourth-order valence-corrected chi connectivity index (χ4v) is 2.90. The second-order valence-electron chi connectivity index (χ2n) is 5.34. The molecule has 0 bridgehead atoms. The third-order valence-electron chi connectivity index (χ3n) is 3.20. The van der Waals surface area contributed by atoms with Crippen LogP contribution in [0, 0.1) is 5.92 Å². The van der Waals surface area contributed by atoms with Crippen LogP contribution in [-0.4, -0.2) is 16.0 Å². The second kappa shape index (κ2) is 6.46. The van der Waals surface area contributed by atoms with E-state index in [1.165, 1.54) is 4.90 Å². The third kappa shape index (κ3) is 4.72. The monoisotopic (exact) mass is 252 g/mol. The molecule has 0 aliphatic heterocycles. The van der Waals surface area contributed by atoms with Crippen molar-refractivity contribution in [3.8, 4) is 0 Å². The molecule has 96 valence electrons. The number of aliphatic hydroxyl groups excluding tert-OH is 1. The summed E-state index contributed by atoms with van der Waals surface area (Å²) in [5.41, 5.74) is 0. The van der Waals surface area contributed by atoms with Gasteiger partial charge in [-0.25, -0.2) is 0 Å². The lowest BCUT2D eigenvalue weighted by atomic mass is 9.95. The first-order valence-corrected chi connectivity index (χ1v) is 7.18. The van der Waals surface area contributed by atoms with Crippen molar-refractivity contribution >= 4 is 11.8 Å². The molecule has 0 saturated carbocycles. The minimum absolute atomic E-state index is 0.0916. The Hall–Kier alpha value is -0.470. The van der Waals surface area contributed by atoms with E-state index in [-0.39, 0.29) is 10.9 Å². The minimum Gasteiger partial charge on any atom is -0.392 e. The van der Waals surface area contributed by atoms with Crippen LogP contribution in [0.5, 0.6) is 0 Å². The van der Waals surface area contributed by atoms with Gasteiger partial charge in [0, 0.05) is 9.64 Å². The lowest BCUT2D eigenvalue weighted by Crippen LogP contribution is -2.34. The average Bonchev–Trinajstić information content (AvgIpc) is 2.27. The second-order valence-corrected chi connectivity index (χ2v) is 6.94. The molecule has 1 rings (SSSR count). The molecule has 0 amide bonds. The summed E-state index contributed by atoms with van der Waals surface area (Å²) in [6.45, 7) is 8.53. The van der Waals surface area contributed by atoms with Crippen molar-refractivity contribution in [3.63, 3.8) is 0 Å². The summed E-state index contributed by atoms with van der Waals surface area (Å²) in [6.07, 6.45) is 1.90. The summed E-state index contributed by atoms with van der Waals surface area (Å²) in [6, 6.07) is 10.3. The van der Waals surface area contributed by atoms with Gasteiger partial charge in [-0.15, -0.1) is 11.8 Å². The molecule has 0 spiro atoms.